The summed E-state index contributed by atoms with van der Waals surface area (Å²) in [4.78, 5) is 11.9. The van der Waals surface area contributed by atoms with Crippen molar-refractivity contribution in [2.75, 3.05) is 50.0 Å². The number of nitrogens with zero attached hydrogens (tertiary/aromatic N) is 3. The van der Waals surface area contributed by atoms with Crippen LogP contribution in [0.3, 0.4) is 0 Å². The lowest BCUT2D eigenvalue weighted by Gasteiger charge is -2.26. The average molecular weight is 390 g/mol. The summed E-state index contributed by atoms with van der Waals surface area (Å²) in [6, 6.07) is 20.3. The van der Waals surface area contributed by atoms with Crippen molar-refractivity contribution in [3.05, 3.63) is 66.2 Å². The quantitative estimate of drug-likeness (QED) is 0.638. The summed E-state index contributed by atoms with van der Waals surface area (Å²) in [5, 5.41) is 6.91. The molecule has 2 aromatic carbocycles. The molecule has 0 aliphatic carbocycles. The molecule has 1 aliphatic heterocycles. The van der Waals surface area contributed by atoms with E-state index in [0.717, 1.165) is 62.3 Å². The zero-order chi connectivity index (χ0) is 19.9. The normalized spacial score (nSPS) is 14.5. The van der Waals surface area contributed by atoms with E-state index < -0.39 is 0 Å². The molecule has 0 unspecified atom stereocenters. The molecule has 150 valence electrons. The van der Waals surface area contributed by atoms with Crippen LogP contribution in [0.25, 0.3) is 11.4 Å². The van der Waals surface area contributed by atoms with Crippen LogP contribution in [0.5, 0.6) is 0 Å². The minimum absolute atomic E-state index is 0.707. The van der Waals surface area contributed by atoms with Crippen LogP contribution in [0.15, 0.2) is 60.7 Å². The molecule has 29 heavy (non-hydrogen) atoms. The Morgan fingerprint density at radius 1 is 0.931 bits per heavy atom. The standard InChI is InChI=1S/C23H27N5O/c1-18-7-5-6-10-20(18)25-22-17-21(24-11-12-28-13-15-29-16-14-28)26-23(27-22)19-8-3-2-4-9-19/h2-10,17H,11-16H2,1H3,(H2,24,25,26,27). The maximum absolute atomic E-state index is 5.42. The van der Waals surface area contributed by atoms with Crippen molar-refractivity contribution >= 4 is 17.3 Å². The minimum atomic E-state index is 0.707. The highest BCUT2D eigenvalue weighted by Gasteiger charge is 2.11. The van der Waals surface area contributed by atoms with Gasteiger partial charge in [-0.1, -0.05) is 48.5 Å². The average Bonchev–Trinajstić information content (AvgIpc) is 2.77. The third-order valence-electron chi connectivity index (χ3n) is 5.00. The summed E-state index contributed by atoms with van der Waals surface area (Å²) in [5.41, 5.74) is 3.22. The van der Waals surface area contributed by atoms with Crippen LogP contribution in [-0.2, 0) is 4.74 Å². The highest BCUT2D eigenvalue weighted by Crippen LogP contribution is 2.24. The number of hydrogen-bond donors (Lipinski definition) is 2. The summed E-state index contributed by atoms with van der Waals surface area (Å²) in [7, 11) is 0. The van der Waals surface area contributed by atoms with Crippen molar-refractivity contribution in [2.45, 2.75) is 6.92 Å². The summed E-state index contributed by atoms with van der Waals surface area (Å²) >= 11 is 0. The maximum atomic E-state index is 5.42. The largest absolute Gasteiger partial charge is 0.379 e. The fourth-order valence-electron chi connectivity index (χ4n) is 3.34. The smallest absolute Gasteiger partial charge is 0.163 e. The van der Waals surface area contributed by atoms with Crippen LogP contribution in [0, 0.1) is 6.92 Å². The second-order valence-corrected chi connectivity index (χ2v) is 7.15. The zero-order valence-corrected chi connectivity index (χ0v) is 16.8. The second kappa shape index (κ2) is 9.49. The molecule has 2 N–H and O–H groups in total. The van der Waals surface area contributed by atoms with Gasteiger partial charge in [0.05, 0.1) is 13.2 Å². The van der Waals surface area contributed by atoms with Crippen molar-refractivity contribution in [1.82, 2.24) is 14.9 Å². The van der Waals surface area contributed by atoms with Crippen LogP contribution < -0.4 is 10.6 Å². The molecule has 0 spiro atoms. The fourth-order valence-corrected chi connectivity index (χ4v) is 3.34. The molecule has 3 aromatic rings. The molecule has 0 saturated carbocycles. The van der Waals surface area contributed by atoms with Crippen LogP contribution in [-0.4, -0.2) is 54.3 Å². The van der Waals surface area contributed by atoms with Crippen LogP contribution in [0.4, 0.5) is 17.3 Å². The predicted octanol–water partition coefficient (Wildman–Crippen LogP) is 3.94. The van der Waals surface area contributed by atoms with Crippen LogP contribution >= 0.6 is 0 Å². The van der Waals surface area contributed by atoms with Crippen LogP contribution in [0.2, 0.25) is 0 Å². The van der Waals surface area contributed by atoms with Gasteiger partial charge in [-0.3, -0.25) is 4.90 Å². The number of anilines is 3. The first-order valence-electron chi connectivity index (χ1n) is 10.1. The third kappa shape index (κ3) is 5.31. The van der Waals surface area contributed by atoms with Crippen molar-refractivity contribution in [2.24, 2.45) is 0 Å². The molecule has 0 amide bonds. The van der Waals surface area contributed by atoms with E-state index in [9.17, 15) is 0 Å². The Labute approximate surface area is 172 Å². The van der Waals surface area contributed by atoms with E-state index >= 15 is 0 Å². The molecular formula is C23H27N5O. The molecule has 2 heterocycles. The number of hydrogen-bond acceptors (Lipinski definition) is 6. The Bertz CT molecular complexity index is 926. The lowest BCUT2D eigenvalue weighted by atomic mass is 10.2. The van der Waals surface area contributed by atoms with Gasteiger partial charge in [0.25, 0.3) is 0 Å². The molecule has 6 nitrogen and oxygen atoms in total. The topological polar surface area (TPSA) is 62.3 Å². The molecule has 4 rings (SSSR count). The van der Waals surface area contributed by atoms with Crippen molar-refractivity contribution in [3.63, 3.8) is 0 Å². The molecule has 0 bridgehead atoms. The van der Waals surface area contributed by atoms with Gasteiger partial charge in [-0.2, -0.15) is 0 Å². The van der Waals surface area contributed by atoms with Crippen LogP contribution in [0.1, 0.15) is 5.56 Å². The molecule has 6 heteroatoms. The number of benzene rings is 2. The van der Waals surface area contributed by atoms with E-state index in [1.807, 2.05) is 48.5 Å². The number of nitrogens with one attached hydrogen (secondary N) is 2. The molecular weight excluding hydrogens is 362 g/mol. The third-order valence-corrected chi connectivity index (χ3v) is 5.00. The first kappa shape index (κ1) is 19.4. The van der Waals surface area contributed by atoms with E-state index in [1.165, 1.54) is 5.56 Å². The molecule has 0 radical (unpaired) electrons. The zero-order valence-electron chi connectivity index (χ0n) is 16.8. The summed E-state index contributed by atoms with van der Waals surface area (Å²) in [6.07, 6.45) is 0. The van der Waals surface area contributed by atoms with E-state index in [4.69, 9.17) is 14.7 Å². The number of morpholine rings is 1. The van der Waals surface area contributed by atoms with Crippen molar-refractivity contribution in [3.8, 4) is 11.4 Å². The first-order valence-corrected chi connectivity index (χ1v) is 10.1. The lowest BCUT2D eigenvalue weighted by Crippen LogP contribution is -2.39. The van der Waals surface area contributed by atoms with Gasteiger partial charge in [0.1, 0.15) is 11.6 Å². The van der Waals surface area contributed by atoms with Gasteiger partial charge in [-0.15, -0.1) is 0 Å². The fraction of sp³-hybridized carbons (Fsp3) is 0.304. The summed E-state index contributed by atoms with van der Waals surface area (Å²) in [6.45, 7) is 7.49. The summed E-state index contributed by atoms with van der Waals surface area (Å²) in [5.74, 6) is 2.31. The van der Waals surface area contributed by atoms with E-state index in [1.54, 1.807) is 0 Å². The highest BCUT2D eigenvalue weighted by molar-refractivity contribution is 5.66. The number of para-hydroxylation sites is 1. The summed E-state index contributed by atoms with van der Waals surface area (Å²) < 4.78 is 5.42. The van der Waals surface area contributed by atoms with Gasteiger partial charge in [0.2, 0.25) is 0 Å². The van der Waals surface area contributed by atoms with E-state index in [0.29, 0.717) is 5.82 Å². The van der Waals surface area contributed by atoms with Crippen molar-refractivity contribution < 1.29 is 4.74 Å². The highest BCUT2D eigenvalue weighted by atomic mass is 16.5. The lowest BCUT2D eigenvalue weighted by molar-refractivity contribution is 0.0398. The second-order valence-electron chi connectivity index (χ2n) is 7.15. The van der Waals surface area contributed by atoms with Gasteiger partial charge < -0.3 is 15.4 Å². The van der Waals surface area contributed by atoms with Crippen molar-refractivity contribution in [1.29, 1.82) is 0 Å². The number of aromatic nitrogens is 2. The number of aryl methyl sites for hydroxylation is 1. The Morgan fingerprint density at radius 2 is 1.66 bits per heavy atom. The Balaban J connectivity index is 1.53. The molecule has 1 aliphatic rings. The Kier molecular flexibility index (Phi) is 6.34. The Morgan fingerprint density at radius 3 is 2.45 bits per heavy atom. The van der Waals surface area contributed by atoms with E-state index in [2.05, 4.69) is 34.6 Å². The van der Waals surface area contributed by atoms with E-state index in [-0.39, 0.29) is 0 Å². The molecule has 1 aromatic heterocycles. The number of ether oxygens (including phenoxy) is 1. The van der Waals surface area contributed by atoms with Gasteiger partial charge >= 0.3 is 0 Å². The molecule has 1 saturated heterocycles. The number of rotatable bonds is 7. The molecule has 0 atom stereocenters. The molecule has 1 fully saturated rings. The van der Waals surface area contributed by atoms with Gasteiger partial charge in [0.15, 0.2) is 5.82 Å². The SMILES string of the molecule is Cc1ccccc1Nc1cc(NCCN2CCOCC2)nc(-c2ccccc2)n1. The predicted molar refractivity (Wildman–Crippen MR) is 118 cm³/mol. The monoisotopic (exact) mass is 389 g/mol. The van der Waals surface area contributed by atoms with Gasteiger partial charge in [0, 0.05) is 43.5 Å². The van der Waals surface area contributed by atoms with Gasteiger partial charge in [-0.05, 0) is 18.6 Å². The Hall–Kier alpha value is -2.96. The van der Waals surface area contributed by atoms with Gasteiger partial charge in [-0.25, -0.2) is 9.97 Å². The minimum Gasteiger partial charge on any atom is -0.379 e. The maximum Gasteiger partial charge on any atom is 0.163 e. The first-order chi connectivity index (χ1) is 14.3.